The fourth-order valence-corrected chi connectivity index (χ4v) is 34.3. The van der Waals surface area contributed by atoms with E-state index in [2.05, 4.69) is 139 Å². The molecule has 0 radical (unpaired) electrons. The molecule has 588 valence electrons. The van der Waals surface area contributed by atoms with Gasteiger partial charge in [-0.15, -0.1) is 90.7 Å². The minimum Gasteiger partial charge on any atom is -0.274 e. The molecule has 10 heterocycles. The molecule has 6 nitrogen and oxygen atoms in total. The summed E-state index contributed by atoms with van der Waals surface area (Å²) in [7, 11) is 0. The van der Waals surface area contributed by atoms with Crippen LogP contribution in [0, 0.1) is 59.2 Å². The number of rotatable bonds is 33. The van der Waals surface area contributed by atoms with Gasteiger partial charge in [0.1, 0.15) is 9.75 Å². The molecule has 3 aromatic carbocycles. The van der Waals surface area contributed by atoms with E-state index in [0.717, 1.165) is 136 Å². The molecule has 12 unspecified atom stereocenters. The van der Waals surface area contributed by atoms with E-state index >= 15 is 14.4 Å². The summed E-state index contributed by atoms with van der Waals surface area (Å²) in [5.74, 6) is 8.12. The molecule has 8 aromatic heterocycles. The zero-order valence-corrected chi connectivity index (χ0v) is 73.5. The highest BCUT2D eigenvalue weighted by molar-refractivity contribution is 7.34. The third kappa shape index (κ3) is 14.1. The van der Waals surface area contributed by atoms with E-state index in [9.17, 15) is 4.79 Å². The Hall–Kier alpha value is -5.42. The second kappa shape index (κ2) is 33.9. The van der Waals surface area contributed by atoms with Crippen LogP contribution >= 0.6 is 90.7 Å². The number of hydrogen-bond acceptors (Lipinski definition) is 12. The normalized spacial score (nSPS) is 23.4. The number of unbranched alkanes of at least 4 members (excludes halogenated alkanes) is 12. The van der Waals surface area contributed by atoms with Crippen molar-refractivity contribution >= 4 is 155 Å². The maximum absolute atomic E-state index is 15.8. The SMILES string of the molecule is CCCCCCCCN1C(=O)c2sc3c(-c4cc5c(-c6ccc(CC(CC)CCCC)s6)c6sc(-c7sc(C8CCC9C%10CCCC%11C(c%12ccccc%12)CCC(C%12CCCC8C%129)C%11%10)c8sc9c(c78)C(=O)N(CCCCCCCC)C9=O)cc6c(-c6ccc(CC(CC)CCCC)s6)c5s4)sc(-c4ccccc4)c3c2C1=O. The van der Waals surface area contributed by atoms with Gasteiger partial charge in [-0.1, -0.05) is 231 Å². The number of fused-ring (bicyclic) bond motifs is 10. The number of amides is 4. The number of carbonyl (C=O) groups excluding carboxylic acids is 4. The third-order valence-corrected chi connectivity index (χ3v) is 38.8. The Morgan fingerprint density at radius 1 is 0.357 bits per heavy atom. The first-order valence-electron chi connectivity index (χ1n) is 44.2. The van der Waals surface area contributed by atoms with Crippen molar-refractivity contribution in [1.29, 1.82) is 0 Å². The smallest absolute Gasteiger partial charge is 0.271 e. The van der Waals surface area contributed by atoms with Crippen molar-refractivity contribution in [1.82, 2.24) is 9.80 Å². The molecule has 12 atom stereocenters. The Bertz CT molecular complexity index is 5120. The second-order valence-electron chi connectivity index (χ2n) is 35.0. The van der Waals surface area contributed by atoms with Crippen molar-refractivity contribution in [2.45, 2.75) is 259 Å². The number of imide groups is 2. The van der Waals surface area contributed by atoms with Gasteiger partial charge in [0.05, 0.1) is 30.3 Å². The monoisotopic (exact) mass is 1640 g/mol. The average Bonchev–Trinajstić information content (AvgIpc) is 1.53. The Morgan fingerprint density at radius 3 is 1.34 bits per heavy atom. The number of carbonyl (C=O) groups is 4. The van der Waals surface area contributed by atoms with E-state index in [0.29, 0.717) is 63.6 Å². The molecule has 4 amide bonds. The van der Waals surface area contributed by atoms with E-state index in [-0.39, 0.29) is 23.6 Å². The highest BCUT2D eigenvalue weighted by Gasteiger charge is 2.61. The average molecular weight is 1640 g/mol. The summed E-state index contributed by atoms with van der Waals surface area (Å²) in [5, 5.41) is 4.54. The summed E-state index contributed by atoms with van der Waals surface area (Å²) in [6.07, 6.45) is 38.4. The number of nitrogens with zero attached hydrogens (tertiary/aromatic N) is 2. The standard InChI is InChI=1S/C98H114N2O4S8/c1-7-13-17-19-21-29-51-99-95(101)83-81-85(60-37-27-24-28-38-60)109-90(92(81)112-93(83)97(99)103)76-56-72-80(74-50-44-62(106-74)54-58(12-6)34-16-10-4)86-71(79(87(72)108-76)73-49-43-61(105-73)53-57(11-5)33-15-9-3)55-75(107-86)89-82-84-94(98(104)100(96(84)102)52-30-22-20-18-14-8-2)111-91(82)88(110-89)70-48-47-69-65-40-31-39-64-63(59-35-25-23-26-36-59)45-46-68(77(64)65)66-41-32-42-67(70)78(66)69/h23-28,35-38,43-44,49-50,55-58,63-70,77-78H,7-22,29-34,39-42,45-48,51-54H2,1-6H3. The largest absolute Gasteiger partial charge is 0.274 e. The molecular formula is C98H114N2O4S8. The van der Waals surface area contributed by atoms with E-state index in [4.69, 9.17) is 0 Å². The molecule has 0 spiro atoms. The highest BCUT2D eigenvalue weighted by Crippen LogP contribution is 2.70. The Morgan fingerprint density at radius 2 is 0.812 bits per heavy atom. The van der Waals surface area contributed by atoms with Gasteiger partial charge in [-0.05, 0) is 196 Å². The van der Waals surface area contributed by atoms with Gasteiger partial charge < -0.3 is 0 Å². The van der Waals surface area contributed by atoms with Crippen molar-refractivity contribution in [2.75, 3.05) is 13.1 Å². The van der Waals surface area contributed by atoms with Gasteiger partial charge >= 0.3 is 0 Å². The van der Waals surface area contributed by atoms with Crippen LogP contribution in [0.3, 0.4) is 0 Å². The van der Waals surface area contributed by atoms with Crippen molar-refractivity contribution in [3.05, 3.63) is 138 Å². The molecule has 11 aromatic rings. The first kappa shape index (κ1) is 77.8. The van der Waals surface area contributed by atoms with Crippen LogP contribution < -0.4 is 0 Å². The van der Waals surface area contributed by atoms with Crippen LogP contribution in [0.2, 0.25) is 0 Å². The Kier molecular flexibility index (Phi) is 23.5. The van der Waals surface area contributed by atoms with Crippen molar-refractivity contribution in [3.8, 4) is 50.8 Å². The van der Waals surface area contributed by atoms with Crippen LogP contribution in [0.1, 0.15) is 306 Å². The molecule has 5 saturated carbocycles. The predicted molar refractivity (Wildman–Crippen MR) is 484 cm³/mol. The molecular weight excluding hydrogens is 1530 g/mol. The van der Waals surface area contributed by atoms with Gasteiger partial charge in [0.15, 0.2) is 0 Å². The lowest BCUT2D eigenvalue weighted by molar-refractivity contribution is -0.146. The lowest BCUT2D eigenvalue weighted by Crippen LogP contribution is -2.57. The van der Waals surface area contributed by atoms with Crippen LogP contribution in [-0.4, -0.2) is 46.5 Å². The van der Waals surface area contributed by atoms with Crippen LogP contribution in [-0.2, 0) is 12.8 Å². The number of thiophene rings is 8. The second-order valence-corrected chi connectivity index (χ2v) is 43.6. The third-order valence-electron chi connectivity index (χ3n) is 28.6. The van der Waals surface area contributed by atoms with Crippen LogP contribution in [0.5, 0.6) is 0 Å². The molecule has 7 aliphatic rings. The molecule has 0 bridgehead atoms. The Labute approximate surface area is 697 Å². The molecule has 0 N–H and O–H groups in total. The van der Waals surface area contributed by atoms with Crippen LogP contribution in [0.15, 0.2) is 97.1 Å². The zero-order valence-electron chi connectivity index (χ0n) is 67.0. The summed E-state index contributed by atoms with van der Waals surface area (Å²) >= 11 is 14.9. The van der Waals surface area contributed by atoms with E-state index < -0.39 is 0 Å². The van der Waals surface area contributed by atoms with Crippen LogP contribution in [0.25, 0.3) is 91.2 Å². The summed E-state index contributed by atoms with van der Waals surface area (Å²) in [6.45, 7) is 14.8. The maximum Gasteiger partial charge on any atom is 0.271 e. The maximum atomic E-state index is 15.8. The van der Waals surface area contributed by atoms with E-state index in [1.165, 1.54) is 216 Å². The fourth-order valence-electron chi connectivity index (χ4n) is 23.3. The molecule has 112 heavy (non-hydrogen) atoms. The number of benzene rings is 3. The lowest BCUT2D eigenvalue weighted by Gasteiger charge is -2.65. The Balaban J connectivity index is 0.817. The summed E-state index contributed by atoms with van der Waals surface area (Å²) in [6, 6.07) is 37.3. The van der Waals surface area contributed by atoms with Crippen molar-refractivity contribution in [2.24, 2.45) is 59.2 Å². The lowest BCUT2D eigenvalue weighted by atomic mass is 9.40. The van der Waals surface area contributed by atoms with Crippen molar-refractivity contribution < 1.29 is 19.2 Å². The van der Waals surface area contributed by atoms with Crippen molar-refractivity contribution in [3.63, 3.8) is 0 Å². The van der Waals surface area contributed by atoms with Gasteiger partial charge in [-0.2, -0.15) is 0 Å². The first-order chi connectivity index (χ1) is 55.0. The molecule has 14 heteroatoms. The fraction of sp³-hybridized carbons (Fsp3) is 0.531. The van der Waals surface area contributed by atoms with E-state index in [1.54, 1.807) is 49.4 Å². The zero-order chi connectivity index (χ0) is 76.4. The van der Waals surface area contributed by atoms with E-state index in [1.807, 2.05) is 56.7 Å². The minimum absolute atomic E-state index is 0.0666. The van der Waals surface area contributed by atoms with Gasteiger partial charge in [0.2, 0.25) is 0 Å². The topological polar surface area (TPSA) is 74.8 Å². The van der Waals surface area contributed by atoms with Gasteiger partial charge in [-0.25, -0.2) is 0 Å². The van der Waals surface area contributed by atoms with Crippen LogP contribution in [0.4, 0.5) is 0 Å². The molecule has 5 aliphatic carbocycles. The number of hydrogen-bond donors (Lipinski definition) is 0. The van der Waals surface area contributed by atoms with Gasteiger partial charge in [0.25, 0.3) is 23.6 Å². The molecule has 18 rings (SSSR count). The predicted octanol–water partition coefficient (Wildman–Crippen LogP) is 31.3. The molecule has 2 aliphatic heterocycles. The molecule has 0 saturated heterocycles. The minimum atomic E-state index is -0.138. The quantitative estimate of drug-likeness (QED) is 0.0303. The first-order valence-corrected chi connectivity index (χ1v) is 50.8. The summed E-state index contributed by atoms with van der Waals surface area (Å²) in [4.78, 5) is 78.2. The highest BCUT2D eigenvalue weighted by atomic mass is 32.1. The van der Waals surface area contributed by atoms with Gasteiger partial charge in [0, 0.05) is 94.2 Å². The summed E-state index contributed by atoms with van der Waals surface area (Å²) < 4.78 is 4.85. The summed E-state index contributed by atoms with van der Waals surface area (Å²) in [5.41, 5.74) is 6.53. The molecule has 5 fully saturated rings. The van der Waals surface area contributed by atoms with Gasteiger partial charge in [-0.3, -0.25) is 29.0 Å².